The third-order valence-electron chi connectivity index (χ3n) is 2.59. The van der Waals surface area contributed by atoms with Gasteiger partial charge in [0.15, 0.2) is 5.82 Å². The molecule has 5 nitrogen and oxygen atoms in total. The maximum absolute atomic E-state index is 12.8. The van der Waals surface area contributed by atoms with Crippen LogP contribution in [-0.2, 0) is 0 Å². The van der Waals surface area contributed by atoms with Crippen molar-refractivity contribution in [1.29, 1.82) is 0 Å². The molecular weight excluding hydrogens is 247 g/mol. The van der Waals surface area contributed by atoms with E-state index in [2.05, 4.69) is 15.4 Å². The van der Waals surface area contributed by atoms with Crippen molar-refractivity contribution in [2.45, 2.75) is 19.8 Å². The first-order valence-corrected chi connectivity index (χ1v) is 5.86. The van der Waals surface area contributed by atoms with Crippen LogP contribution in [0.4, 0.5) is 10.2 Å². The van der Waals surface area contributed by atoms with Crippen molar-refractivity contribution in [3.8, 4) is 11.6 Å². The lowest BCUT2D eigenvalue weighted by Crippen LogP contribution is -2.13. The maximum atomic E-state index is 12.8. The minimum Gasteiger partial charge on any atom is -0.439 e. The van der Waals surface area contributed by atoms with E-state index in [1.807, 2.05) is 13.8 Å². The number of aromatic nitrogens is 2. The number of hydrazine groups is 1. The van der Waals surface area contributed by atoms with Crippen molar-refractivity contribution in [3.05, 3.63) is 42.0 Å². The summed E-state index contributed by atoms with van der Waals surface area (Å²) in [5, 5.41) is 0. The molecule has 2 aromatic rings. The van der Waals surface area contributed by atoms with Crippen molar-refractivity contribution >= 4 is 5.82 Å². The zero-order chi connectivity index (χ0) is 13.8. The van der Waals surface area contributed by atoms with Gasteiger partial charge in [-0.15, -0.1) is 0 Å². The van der Waals surface area contributed by atoms with Crippen molar-refractivity contribution in [2.75, 3.05) is 5.43 Å². The molecule has 0 aliphatic carbocycles. The van der Waals surface area contributed by atoms with E-state index in [1.54, 1.807) is 0 Å². The fourth-order valence-electron chi connectivity index (χ4n) is 1.71. The first-order chi connectivity index (χ1) is 9.11. The molecule has 6 heteroatoms. The van der Waals surface area contributed by atoms with Gasteiger partial charge in [-0.1, -0.05) is 13.8 Å². The van der Waals surface area contributed by atoms with Crippen LogP contribution in [0.3, 0.4) is 0 Å². The average Bonchev–Trinajstić information content (AvgIpc) is 2.40. The van der Waals surface area contributed by atoms with Gasteiger partial charge < -0.3 is 10.2 Å². The van der Waals surface area contributed by atoms with Crippen LogP contribution in [0.1, 0.15) is 25.3 Å². The molecule has 0 saturated heterocycles. The summed E-state index contributed by atoms with van der Waals surface area (Å²) >= 11 is 0. The predicted molar refractivity (Wildman–Crippen MR) is 70.4 cm³/mol. The van der Waals surface area contributed by atoms with Gasteiger partial charge in [-0.05, 0) is 30.2 Å². The quantitative estimate of drug-likeness (QED) is 0.654. The molecule has 0 atom stereocenters. The molecule has 19 heavy (non-hydrogen) atoms. The Morgan fingerprint density at radius 3 is 2.47 bits per heavy atom. The zero-order valence-electron chi connectivity index (χ0n) is 10.7. The molecule has 1 aromatic carbocycles. The number of hydrogen-bond acceptors (Lipinski definition) is 5. The maximum Gasteiger partial charge on any atom is 0.227 e. The molecule has 0 radical (unpaired) electrons. The number of nitrogens with one attached hydrogen (secondary N) is 1. The van der Waals surface area contributed by atoms with Crippen LogP contribution in [0.2, 0.25) is 0 Å². The Morgan fingerprint density at radius 1 is 1.21 bits per heavy atom. The molecule has 0 aliphatic heterocycles. The van der Waals surface area contributed by atoms with Crippen LogP contribution in [0.5, 0.6) is 11.6 Å². The van der Waals surface area contributed by atoms with Gasteiger partial charge in [-0.25, -0.2) is 20.2 Å². The van der Waals surface area contributed by atoms with Crippen LogP contribution in [0.15, 0.2) is 30.6 Å². The number of nitrogen functional groups attached to an aromatic ring is 1. The summed E-state index contributed by atoms with van der Waals surface area (Å²) in [4.78, 5) is 8.15. The van der Waals surface area contributed by atoms with E-state index in [-0.39, 0.29) is 11.7 Å². The van der Waals surface area contributed by atoms with E-state index in [9.17, 15) is 4.39 Å². The highest BCUT2D eigenvalue weighted by Gasteiger charge is 2.16. The summed E-state index contributed by atoms with van der Waals surface area (Å²) in [5.74, 6) is 6.66. The fourth-order valence-corrected chi connectivity index (χ4v) is 1.71. The average molecular weight is 262 g/mol. The number of halogens is 1. The summed E-state index contributed by atoms with van der Waals surface area (Å²) in [6.07, 6.45) is 1.36. The second-order valence-corrected chi connectivity index (χ2v) is 4.30. The normalized spacial score (nSPS) is 10.6. The molecule has 2 rings (SSSR count). The second kappa shape index (κ2) is 5.62. The van der Waals surface area contributed by atoms with Crippen LogP contribution in [-0.4, -0.2) is 9.97 Å². The second-order valence-electron chi connectivity index (χ2n) is 4.30. The fraction of sp³-hybridized carbons (Fsp3) is 0.231. The van der Waals surface area contributed by atoms with Gasteiger partial charge in [0.2, 0.25) is 5.88 Å². The predicted octanol–water partition coefficient (Wildman–Crippen LogP) is 2.82. The largest absolute Gasteiger partial charge is 0.439 e. The third kappa shape index (κ3) is 2.97. The van der Waals surface area contributed by atoms with Gasteiger partial charge in [-0.3, -0.25) is 0 Å². The van der Waals surface area contributed by atoms with Gasteiger partial charge >= 0.3 is 0 Å². The van der Waals surface area contributed by atoms with Gasteiger partial charge in [0, 0.05) is 0 Å². The molecule has 0 unspecified atom stereocenters. The van der Waals surface area contributed by atoms with Gasteiger partial charge in [0.25, 0.3) is 0 Å². The van der Waals surface area contributed by atoms with E-state index < -0.39 is 0 Å². The lowest BCUT2D eigenvalue weighted by atomic mass is 10.1. The Kier molecular flexibility index (Phi) is 3.91. The van der Waals surface area contributed by atoms with Crippen molar-refractivity contribution < 1.29 is 9.13 Å². The van der Waals surface area contributed by atoms with Gasteiger partial charge in [0.05, 0.1) is 5.56 Å². The summed E-state index contributed by atoms with van der Waals surface area (Å²) in [6.45, 7) is 3.97. The lowest BCUT2D eigenvalue weighted by Gasteiger charge is -2.15. The van der Waals surface area contributed by atoms with Crippen LogP contribution >= 0.6 is 0 Å². The van der Waals surface area contributed by atoms with E-state index in [1.165, 1.54) is 30.6 Å². The smallest absolute Gasteiger partial charge is 0.227 e. The summed E-state index contributed by atoms with van der Waals surface area (Å²) in [6, 6.07) is 5.73. The SMILES string of the molecule is CC(C)c1c(NN)ncnc1Oc1ccc(F)cc1. The molecule has 0 spiro atoms. The lowest BCUT2D eigenvalue weighted by molar-refractivity contribution is 0.450. The summed E-state index contributed by atoms with van der Waals surface area (Å²) in [7, 11) is 0. The highest BCUT2D eigenvalue weighted by molar-refractivity contribution is 5.50. The summed E-state index contributed by atoms with van der Waals surface area (Å²) < 4.78 is 18.5. The first kappa shape index (κ1) is 13.2. The highest BCUT2D eigenvalue weighted by Crippen LogP contribution is 2.32. The highest BCUT2D eigenvalue weighted by atomic mass is 19.1. The summed E-state index contributed by atoms with van der Waals surface area (Å²) in [5.41, 5.74) is 3.29. The molecule has 0 fully saturated rings. The van der Waals surface area contributed by atoms with Crippen molar-refractivity contribution in [2.24, 2.45) is 5.84 Å². The Morgan fingerprint density at radius 2 is 1.89 bits per heavy atom. The number of hydrogen-bond donors (Lipinski definition) is 2. The van der Waals surface area contributed by atoms with Gasteiger partial charge in [-0.2, -0.15) is 0 Å². The molecular formula is C13H15FN4O. The number of anilines is 1. The molecule has 3 N–H and O–H groups in total. The number of nitrogens with zero attached hydrogens (tertiary/aromatic N) is 2. The Hall–Kier alpha value is -2.21. The Labute approximate surface area is 110 Å². The topological polar surface area (TPSA) is 73.1 Å². The number of benzene rings is 1. The molecule has 1 aromatic heterocycles. The third-order valence-corrected chi connectivity index (χ3v) is 2.59. The first-order valence-electron chi connectivity index (χ1n) is 5.86. The Balaban J connectivity index is 2.36. The molecule has 0 aliphatic rings. The van der Waals surface area contributed by atoms with E-state index in [4.69, 9.17) is 10.6 Å². The zero-order valence-corrected chi connectivity index (χ0v) is 10.7. The van der Waals surface area contributed by atoms with E-state index in [0.717, 1.165) is 5.56 Å². The van der Waals surface area contributed by atoms with Crippen LogP contribution in [0.25, 0.3) is 0 Å². The molecule has 0 saturated carbocycles. The van der Waals surface area contributed by atoms with Crippen molar-refractivity contribution in [1.82, 2.24) is 9.97 Å². The minimum atomic E-state index is -0.316. The molecule has 100 valence electrons. The Bertz CT molecular complexity index is 557. The van der Waals surface area contributed by atoms with Crippen LogP contribution in [0, 0.1) is 5.82 Å². The van der Waals surface area contributed by atoms with Gasteiger partial charge in [0.1, 0.15) is 17.9 Å². The molecule has 0 bridgehead atoms. The number of ether oxygens (including phenoxy) is 1. The minimum absolute atomic E-state index is 0.127. The van der Waals surface area contributed by atoms with Crippen molar-refractivity contribution in [3.63, 3.8) is 0 Å². The van der Waals surface area contributed by atoms with Crippen LogP contribution < -0.4 is 16.0 Å². The molecule has 0 amide bonds. The molecule has 1 heterocycles. The van der Waals surface area contributed by atoms with E-state index >= 15 is 0 Å². The number of nitrogens with two attached hydrogens (primary N) is 1. The van der Waals surface area contributed by atoms with E-state index in [0.29, 0.717) is 17.4 Å². The monoisotopic (exact) mass is 262 g/mol. The number of rotatable bonds is 4. The standard InChI is InChI=1S/C13H15FN4O/c1-8(2)11-12(18-15)16-7-17-13(11)19-10-5-3-9(14)4-6-10/h3-8H,15H2,1-2H3,(H,16,17,18).